The Kier molecular flexibility index (Phi) is 4.41. The van der Waals surface area contributed by atoms with Gasteiger partial charge in [-0.05, 0) is 30.9 Å². The van der Waals surface area contributed by atoms with Crippen molar-refractivity contribution in [1.82, 2.24) is 4.90 Å². The van der Waals surface area contributed by atoms with Crippen LogP contribution in [-0.4, -0.2) is 35.6 Å². The molecular weight excluding hydrogens is 329 g/mol. The summed E-state index contributed by atoms with van der Waals surface area (Å²) in [6, 6.07) is 5.47. The summed E-state index contributed by atoms with van der Waals surface area (Å²) in [7, 11) is 0. The van der Waals surface area contributed by atoms with E-state index in [9.17, 15) is 4.79 Å². The molecule has 3 nitrogen and oxygen atoms in total. The Morgan fingerprint density at radius 3 is 3.00 bits per heavy atom. The number of carbonyl (C=O) groups is 1. The van der Waals surface area contributed by atoms with Crippen LogP contribution in [0.4, 0.5) is 0 Å². The van der Waals surface area contributed by atoms with Crippen LogP contribution >= 0.6 is 34.5 Å². The lowest BCUT2D eigenvalue weighted by atomic mass is 10.1. The minimum absolute atomic E-state index is 0.0160. The largest absolute Gasteiger partial charge is 0.396 e. The Hall–Kier alpha value is -0.810. The van der Waals surface area contributed by atoms with Gasteiger partial charge in [0.25, 0.3) is 5.91 Å². The van der Waals surface area contributed by atoms with Gasteiger partial charge in [0, 0.05) is 34.8 Å². The molecule has 1 amide bonds. The van der Waals surface area contributed by atoms with Crippen LogP contribution in [0.3, 0.4) is 0 Å². The first-order valence-electron chi connectivity index (χ1n) is 6.88. The van der Waals surface area contributed by atoms with Crippen LogP contribution < -0.4 is 0 Å². The van der Waals surface area contributed by atoms with Crippen LogP contribution in [0, 0.1) is 5.92 Å². The normalized spacial score (nSPS) is 18.6. The molecule has 0 radical (unpaired) electrons. The zero-order valence-corrected chi connectivity index (χ0v) is 13.6. The second-order valence-electron chi connectivity index (χ2n) is 5.30. The van der Waals surface area contributed by atoms with Gasteiger partial charge in [-0.15, -0.1) is 11.3 Å². The number of thiophene rings is 1. The van der Waals surface area contributed by atoms with E-state index in [1.807, 2.05) is 17.0 Å². The highest BCUT2D eigenvalue weighted by Crippen LogP contribution is 2.38. The number of carbonyl (C=O) groups excluding carboxylic acids is 1. The second kappa shape index (κ2) is 6.13. The van der Waals surface area contributed by atoms with E-state index in [1.165, 1.54) is 11.3 Å². The lowest BCUT2D eigenvalue weighted by molar-refractivity contribution is 0.0790. The Morgan fingerprint density at radius 2 is 2.24 bits per heavy atom. The fraction of sp³-hybridized carbons (Fsp3) is 0.400. The third kappa shape index (κ3) is 2.90. The molecule has 1 aromatic heterocycles. The number of rotatable bonds is 3. The van der Waals surface area contributed by atoms with E-state index in [2.05, 4.69) is 0 Å². The molecule has 1 atom stereocenters. The molecule has 6 heteroatoms. The lowest BCUT2D eigenvalue weighted by Gasteiger charge is -2.15. The molecule has 0 saturated carbocycles. The molecule has 1 saturated heterocycles. The highest BCUT2D eigenvalue weighted by Gasteiger charge is 2.29. The van der Waals surface area contributed by atoms with Crippen molar-refractivity contribution >= 4 is 50.5 Å². The number of nitrogens with zero attached hydrogens (tertiary/aromatic N) is 1. The van der Waals surface area contributed by atoms with E-state index in [-0.39, 0.29) is 12.5 Å². The van der Waals surface area contributed by atoms with Crippen LogP contribution in [0.25, 0.3) is 10.1 Å². The number of hydrogen-bond acceptors (Lipinski definition) is 3. The number of hydrogen-bond donors (Lipinski definition) is 1. The van der Waals surface area contributed by atoms with E-state index in [0.717, 1.165) is 29.5 Å². The number of aliphatic hydroxyl groups excluding tert-OH is 1. The molecule has 1 aliphatic heterocycles. The number of aliphatic hydroxyl groups is 1. The molecule has 1 aromatic carbocycles. The van der Waals surface area contributed by atoms with Gasteiger partial charge < -0.3 is 10.0 Å². The predicted molar refractivity (Wildman–Crippen MR) is 87.6 cm³/mol. The maximum Gasteiger partial charge on any atom is 0.265 e. The summed E-state index contributed by atoms with van der Waals surface area (Å²) in [6.45, 7) is 1.61. The summed E-state index contributed by atoms with van der Waals surface area (Å²) in [5, 5.41) is 11.0. The van der Waals surface area contributed by atoms with E-state index < -0.39 is 0 Å². The van der Waals surface area contributed by atoms with Crippen molar-refractivity contribution < 1.29 is 9.90 Å². The summed E-state index contributed by atoms with van der Waals surface area (Å²) >= 11 is 13.7. The minimum atomic E-state index is -0.0160. The highest BCUT2D eigenvalue weighted by molar-refractivity contribution is 7.21. The number of fused-ring (bicyclic) bond motifs is 1. The fourth-order valence-corrected chi connectivity index (χ4v) is 4.51. The first-order chi connectivity index (χ1) is 10.1. The van der Waals surface area contributed by atoms with Crippen molar-refractivity contribution in [2.24, 2.45) is 5.92 Å². The van der Waals surface area contributed by atoms with Gasteiger partial charge in [-0.25, -0.2) is 0 Å². The van der Waals surface area contributed by atoms with Gasteiger partial charge >= 0.3 is 0 Å². The van der Waals surface area contributed by atoms with Gasteiger partial charge in [-0.1, -0.05) is 29.3 Å². The van der Waals surface area contributed by atoms with Gasteiger partial charge in [0.15, 0.2) is 0 Å². The zero-order chi connectivity index (χ0) is 15.0. The summed E-state index contributed by atoms with van der Waals surface area (Å²) in [6.07, 6.45) is 1.69. The molecule has 2 aromatic rings. The van der Waals surface area contributed by atoms with Gasteiger partial charge in [-0.3, -0.25) is 4.79 Å². The van der Waals surface area contributed by atoms with Crippen LogP contribution in [0.5, 0.6) is 0 Å². The Morgan fingerprint density at radius 1 is 1.43 bits per heavy atom. The second-order valence-corrected chi connectivity index (χ2v) is 7.17. The van der Waals surface area contributed by atoms with Crippen molar-refractivity contribution in [1.29, 1.82) is 0 Å². The van der Waals surface area contributed by atoms with Crippen molar-refractivity contribution in [2.45, 2.75) is 12.8 Å². The molecule has 3 rings (SSSR count). The standard InChI is InChI=1S/C15H15Cl2NO2S/c16-10-1-2-11-12(7-10)21-14(13(11)17)15(20)18-5-3-9(8-18)4-6-19/h1-2,7,9,19H,3-6,8H2. The number of benzene rings is 1. The zero-order valence-electron chi connectivity index (χ0n) is 11.3. The predicted octanol–water partition coefficient (Wildman–Crippen LogP) is 4.05. The Bertz CT molecular complexity index is 686. The van der Waals surface area contributed by atoms with E-state index in [4.69, 9.17) is 28.3 Å². The van der Waals surface area contributed by atoms with Crippen LogP contribution in [-0.2, 0) is 0 Å². The van der Waals surface area contributed by atoms with Gasteiger partial charge in [0.1, 0.15) is 4.88 Å². The molecule has 21 heavy (non-hydrogen) atoms. The highest BCUT2D eigenvalue weighted by atomic mass is 35.5. The molecule has 0 bridgehead atoms. The molecule has 0 spiro atoms. The van der Waals surface area contributed by atoms with Crippen LogP contribution in [0.1, 0.15) is 22.5 Å². The summed E-state index contributed by atoms with van der Waals surface area (Å²) in [4.78, 5) is 15.0. The van der Waals surface area contributed by atoms with Gasteiger partial charge in [-0.2, -0.15) is 0 Å². The maximum absolute atomic E-state index is 12.6. The first kappa shape index (κ1) is 15.1. The van der Waals surface area contributed by atoms with Crippen molar-refractivity contribution in [3.63, 3.8) is 0 Å². The number of likely N-dealkylation sites (tertiary alicyclic amines) is 1. The summed E-state index contributed by atoms with van der Waals surface area (Å²) < 4.78 is 0.932. The SMILES string of the molecule is O=C(c1sc2cc(Cl)ccc2c1Cl)N1CCC(CCO)C1. The fourth-order valence-electron chi connectivity index (χ4n) is 2.76. The summed E-state index contributed by atoms with van der Waals surface area (Å²) in [5.41, 5.74) is 0. The minimum Gasteiger partial charge on any atom is -0.396 e. The van der Waals surface area contributed by atoms with E-state index in [1.54, 1.807) is 6.07 Å². The van der Waals surface area contributed by atoms with E-state index in [0.29, 0.717) is 27.4 Å². The number of halogens is 2. The molecule has 2 heterocycles. The molecular formula is C15H15Cl2NO2S. The average Bonchev–Trinajstić information content (AvgIpc) is 3.04. The average molecular weight is 344 g/mol. The Labute approximate surface area is 137 Å². The molecule has 112 valence electrons. The van der Waals surface area contributed by atoms with Gasteiger partial charge in [0.2, 0.25) is 0 Å². The van der Waals surface area contributed by atoms with Crippen molar-refractivity contribution in [3.8, 4) is 0 Å². The third-order valence-electron chi connectivity index (χ3n) is 3.90. The lowest BCUT2D eigenvalue weighted by Crippen LogP contribution is -2.28. The molecule has 0 aliphatic carbocycles. The van der Waals surface area contributed by atoms with Crippen molar-refractivity contribution in [3.05, 3.63) is 33.1 Å². The monoisotopic (exact) mass is 343 g/mol. The van der Waals surface area contributed by atoms with Gasteiger partial charge in [0.05, 0.1) is 5.02 Å². The summed E-state index contributed by atoms with van der Waals surface area (Å²) in [5.74, 6) is 0.374. The molecule has 1 unspecified atom stereocenters. The number of amides is 1. The Balaban J connectivity index is 1.87. The van der Waals surface area contributed by atoms with E-state index >= 15 is 0 Å². The third-order valence-corrected chi connectivity index (χ3v) is 5.78. The van der Waals surface area contributed by atoms with Crippen molar-refractivity contribution in [2.75, 3.05) is 19.7 Å². The smallest absolute Gasteiger partial charge is 0.265 e. The molecule has 1 aliphatic rings. The molecule has 1 N–H and O–H groups in total. The first-order valence-corrected chi connectivity index (χ1v) is 8.45. The topological polar surface area (TPSA) is 40.5 Å². The van der Waals surface area contributed by atoms with Crippen LogP contribution in [0.15, 0.2) is 18.2 Å². The van der Waals surface area contributed by atoms with Crippen LogP contribution in [0.2, 0.25) is 10.0 Å². The quantitative estimate of drug-likeness (QED) is 0.912. The maximum atomic E-state index is 12.6. The molecule has 1 fully saturated rings.